The van der Waals surface area contributed by atoms with Gasteiger partial charge in [-0.1, -0.05) is 12.1 Å². The van der Waals surface area contributed by atoms with E-state index in [1.54, 1.807) is 24.2 Å². The van der Waals surface area contributed by atoms with E-state index in [-0.39, 0.29) is 41.9 Å². The molecule has 1 aromatic carbocycles. The lowest BCUT2D eigenvalue weighted by Crippen LogP contribution is -2.50. The Labute approximate surface area is 205 Å². The Bertz CT molecular complexity index is 868. The van der Waals surface area contributed by atoms with Crippen molar-refractivity contribution in [2.75, 3.05) is 26.2 Å². The summed E-state index contributed by atoms with van der Waals surface area (Å²) in [7, 11) is 0. The number of carbonyl (C=O) groups is 1. The number of likely N-dealkylation sites (tertiary alicyclic amines) is 1. The molecule has 1 aliphatic heterocycles. The number of nitrogens with one attached hydrogen (secondary N) is 2. The number of aryl methyl sites for hydroxylation is 1. The maximum atomic E-state index is 13.5. The maximum Gasteiger partial charge on any atom is 0.409 e. The number of nitrogens with zero attached hydrogens (tertiary/aromatic N) is 2. The van der Waals surface area contributed by atoms with Crippen LogP contribution in [0, 0.1) is 12.7 Å². The van der Waals surface area contributed by atoms with E-state index in [0.29, 0.717) is 44.3 Å². The Morgan fingerprint density at radius 3 is 2.75 bits per heavy atom. The lowest BCUT2D eigenvalue weighted by atomic mass is 10.1. The third-order valence-electron chi connectivity index (χ3n) is 5.25. The number of guanidine groups is 1. The first-order valence-corrected chi connectivity index (χ1v) is 10.8. The van der Waals surface area contributed by atoms with Gasteiger partial charge >= 0.3 is 6.09 Å². The van der Waals surface area contributed by atoms with Crippen LogP contribution in [0.15, 0.2) is 46.0 Å². The van der Waals surface area contributed by atoms with Crippen LogP contribution in [0.25, 0.3) is 0 Å². The van der Waals surface area contributed by atoms with Crippen molar-refractivity contribution in [1.29, 1.82) is 0 Å². The van der Waals surface area contributed by atoms with Crippen LogP contribution in [-0.2, 0) is 17.7 Å². The lowest BCUT2D eigenvalue weighted by molar-refractivity contribution is 0.0963. The largest absolute Gasteiger partial charge is 0.469 e. The normalized spacial score (nSPS) is 14.6. The van der Waals surface area contributed by atoms with E-state index in [0.717, 1.165) is 30.6 Å². The molecule has 0 saturated carbocycles. The van der Waals surface area contributed by atoms with Crippen molar-refractivity contribution in [2.45, 2.75) is 45.7 Å². The monoisotopic (exact) mass is 558 g/mol. The van der Waals surface area contributed by atoms with Crippen molar-refractivity contribution in [3.05, 3.63) is 59.3 Å². The number of benzene rings is 1. The summed E-state index contributed by atoms with van der Waals surface area (Å²) in [5.41, 5.74) is 1.56. The summed E-state index contributed by atoms with van der Waals surface area (Å²) in [6.45, 7) is 6.35. The van der Waals surface area contributed by atoms with Gasteiger partial charge in [-0.15, -0.1) is 24.0 Å². The summed E-state index contributed by atoms with van der Waals surface area (Å²) >= 11 is 0. The highest BCUT2D eigenvalue weighted by Crippen LogP contribution is 2.13. The van der Waals surface area contributed by atoms with Crippen LogP contribution in [0.2, 0.25) is 0 Å². The van der Waals surface area contributed by atoms with Crippen LogP contribution in [0.4, 0.5) is 9.18 Å². The zero-order valence-corrected chi connectivity index (χ0v) is 20.9. The molecule has 1 fully saturated rings. The number of furan rings is 1. The Morgan fingerprint density at radius 2 is 2.09 bits per heavy atom. The lowest BCUT2D eigenvalue weighted by Gasteiger charge is -2.32. The zero-order valence-electron chi connectivity index (χ0n) is 18.6. The molecule has 0 unspecified atom stereocenters. The summed E-state index contributed by atoms with van der Waals surface area (Å²) in [6.07, 6.45) is 3.78. The van der Waals surface area contributed by atoms with Gasteiger partial charge in [0.25, 0.3) is 0 Å². The second-order valence-electron chi connectivity index (χ2n) is 7.61. The van der Waals surface area contributed by atoms with Gasteiger partial charge in [-0.05, 0) is 56.0 Å². The summed E-state index contributed by atoms with van der Waals surface area (Å²) in [5, 5.41) is 6.83. The third kappa shape index (κ3) is 7.99. The standard InChI is InChI=1S/C23H31FN4O3.HI/c1-3-30-23(29)28-12-9-19(10-13-28)27-22(25-11-8-20-5-4-14-31-20)26-16-18-6-7-21(24)17(2)15-18;/h4-7,14-15,19H,3,8-13,16H2,1-2H3,(H2,25,26,27);1H. The molecule has 0 atom stereocenters. The first-order valence-electron chi connectivity index (χ1n) is 10.8. The minimum absolute atomic E-state index is 0. The number of hydrogen-bond donors (Lipinski definition) is 2. The molecule has 0 aliphatic carbocycles. The van der Waals surface area contributed by atoms with Crippen LogP contribution in [0.1, 0.15) is 36.7 Å². The van der Waals surface area contributed by atoms with Gasteiger partial charge in [0.2, 0.25) is 0 Å². The average Bonchev–Trinajstić information content (AvgIpc) is 3.28. The Morgan fingerprint density at radius 1 is 1.31 bits per heavy atom. The van der Waals surface area contributed by atoms with Gasteiger partial charge in [0.05, 0.1) is 19.4 Å². The van der Waals surface area contributed by atoms with Crippen molar-refractivity contribution < 1.29 is 18.3 Å². The van der Waals surface area contributed by atoms with Gasteiger partial charge in [0.15, 0.2) is 5.96 Å². The van der Waals surface area contributed by atoms with Crippen molar-refractivity contribution in [2.24, 2.45) is 4.99 Å². The van der Waals surface area contributed by atoms with Crippen LogP contribution < -0.4 is 10.6 Å². The van der Waals surface area contributed by atoms with Crippen molar-refractivity contribution >= 4 is 36.0 Å². The van der Waals surface area contributed by atoms with E-state index in [1.165, 1.54) is 6.07 Å². The van der Waals surface area contributed by atoms with Crippen LogP contribution >= 0.6 is 24.0 Å². The summed E-state index contributed by atoms with van der Waals surface area (Å²) in [4.78, 5) is 18.3. The number of hydrogen-bond acceptors (Lipinski definition) is 4. The maximum absolute atomic E-state index is 13.5. The Kier molecular flexibility index (Phi) is 10.8. The predicted molar refractivity (Wildman–Crippen MR) is 133 cm³/mol. The highest BCUT2D eigenvalue weighted by atomic mass is 127. The molecule has 32 heavy (non-hydrogen) atoms. The molecule has 1 saturated heterocycles. The van der Waals surface area contributed by atoms with Crippen LogP contribution in [0.5, 0.6) is 0 Å². The van der Waals surface area contributed by atoms with E-state index < -0.39 is 0 Å². The molecule has 3 rings (SSSR count). The fourth-order valence-electron chi connectivity index (χ4n) is 3.50. The van der Waals surface area contributed by atoms with Gasteiger partial charge < -0.3 is 24.7 Å². The molecule has 9 heteroatoms. The summed E-state index contributed by atoms with van der Waals surface area (Å²) in [6, 6.07) is 9.06. The highest BCUT2D eigenvalue weighted by Gasteiger charge is 2.24. The van der Waals surface area contributed by atoms with Gasteiger partial charge in [0.1, 0.15) is 11.6 Å². The number of amides is 1. The second-order valence-corrected chi connectivity index (χ2v) is 7.61. The van der Waals surface area contributed by atoms with Gasteiger partial charge in [-0.3, -0.25) is 0 Å². The first kappa shape index (κ1) is 26.0. The molecule has 1 aromatic heterocycles. The SMILES string of the molecule is CCOC(=O)N1CCC(NC(=NCc2ccc(F)c(C)c2)NCCc2ccco2)CC1.I. The molecule has 2 aromatic rings. The molecule has 176 valence electrons. The van der Waals surface area contributed by atoms with E-state index in [9.17, 15) is 9.18 Å². The minimum atomic E-state index is -0.252. The number of piperidine rings is 1. The molecule has 2 heterocycles. The van der Waals surface area contributed by atoms with E-state index >= 15 is 0 Å². The fourth-order valence-corrected chi connectivity index (χ4v) is 3.50. The van der Waals surface area contributed by atoms with Gasteiger partial charge in [-0.2, -0.15) is 0 Å². The van der Waals surface area contributed by atoms with Gasteiger partial charge in [-0.25, -0.2) is 14.2 Å². The molecular formula is C23H32FIN4O3. The number of rotatable bonds is 7. The predicted octanol–water partition coefficient (Wildman–Crippen LogP) is 4.24. The molecule has 0 spiro atoms. The quantitative estimate of drug-likeness (QED) is 0.302. The van der Waals surface area contributed by atoms with Crippen molar-refractivity contribution in [1.82, 2.24) is 15.5 Å². The third-order valence-corrected chi connectivity index (χ3v) is 5.25. The molecule has 1 aliphatic rings. The van der Waals surface area contributed by atoms with Gasteiger partial charge in [0, 0.05) is 32.1 Å². The zero-order chi connectivity index (χ0) is 22.1. The van der Waals surface area contributed by atoms with E-state index in [4.69, 9.17) is 14.1 Å². The molecule has 0 bridgehead atoms. The number of ether oxygens (including phenoxy) is 1. The Hall–Kier alpha value is -2.30. The number of halogens is 2. The molecule has 7 nitrogen and oxygen atoms in total. The van der Waals surface area contributed by atoms with Crippen molar-refractivity contribution in [3.63, 3.8) is 0 Å². The van der Waals surface area contributed by atoms with Crippen molar-refractivity contribution in [3.8, 4) is 0 Å². The first-order chi connectivity index (χ1) is 15.0. The molecule has 0 radical (unpaired) electrons. The van der Waals surface area contributed by atoms with Crippen LogP contribution in [-0.4, -0.2) is 49.2 Å². The average molecular weight is 558 g/mol. The second kappa shape index (κ2) is 13.3. The smallest absolute Gasteiger partial charge is 0.409 e. The number of carbonyl (C=O) groups excluding carboxylic acids is 1. The molecule has 1 amide bonds. The van der Waals surface area contributed by atoms with E-state index in [2.05, 4.69) is 10.6 Å². The highest BCUT2D eigenvalue weighted by molar-refractivity contribution is 14.0. The molecular weight excluding hydrogens is 526 g/mol. The van der Waals surface area contributed by atoms with Crippen LogP contribution in [0.3, 0.4) is 0 Å². The summed E-state index contributed by atoms with van der Waals surface area (Å²) < 4.78 is 24.0. The number of aliphatic imine (C=N–C) groups is 1. The minimum Gasteiger partial charge on any atom is -0.469 e. The fraction of sp³-hybridized carbons (Fsp3) is 0.478. The Balaban J connectivity index is 0.00000363. The summed E-state index contributed by atoms with van der Waals surface area (Å²) in [5.74, 6) is 1.39. The van der Waals surface area contributed by atoms with E-state index in [1.807, 2.05) is 25.1 Å². The molecule has 2 N–H and O–H groups in total. The topological polar surface area (TPSA) is 79.1 Å².